The Kier molecular flexibility index (Phi) is 3.71. The van der Waals surface area contributed by atoms with Crippen LogP contribution >= 0.6 is 11.3 Å². The molecule has 0 spiro atoms. The highest BCUT2D eigenvalue weighted by atomic mass is 32.1. The number of nitrogens with one attached hydrogen (secondary N) is 2. The van der Waals surface area contributed by atoms with Crippen molar-refractivity contribution in [2.45, 2.75) is 6.42 Å². The zero-order valence-electron chi connectivity index (χ0n) is 10.7. The Morgan fingerprint density at radius 2 is 2.10 bits per heavy atom. The summed E-state index contributed by atoms with van der Waals surface area (Å²) in [6.07, 6.45) is 0.854. The Balaban J connectivity index is 1.82. The highest BCUT2D eigenvalue weighted by Gasteiger charge is 2.06. The van der Waals surface area contributed by atoms with E-state index in [-0.39, 0.29) is 0 Å². The second-order valence-electron chi connectivity index (χ2n) is 4.21. The number of nitrogens with two attached hydrogens (primary N) is 1. The summed E-state index contributed by atoms with van der Waals surface area (Å²) < 4.78 is 0. The number of para-hydroxylation sites is 1. The number of fused-ring (bicyclic) bond motifs is 1. The smallest absolute Gasteiger partial charge is 0.239 e. The van der Waals surface area contributed by atoms with E-state index in [0.29, 0.717) is 5.95 Å². The fourth-order valence-corrected chi connectivity index (χ4v) is 2.54. The van der Waals surface area contributed by atoms with E-state index in [1.54, 1.807) is 11.3 Å². The van der Waals surface area contributed by atoms with Crippen LogP contribution in [0.5, 0.6) is 0 Å². The third kappa shape index (κ3) is 2.68. The van der Waals surface area contributed by atoms with Crippen molar-refractivity contribution in [3.05, 3.63) is 40.8 Å². The zero-order valence-corrected chi connectivity index (χ0v) is 11.5. The summed E-state index contributed by atoms with van der Waals surface area (Å²) in [5.41, 5.74) is 6.26. The van der Waals surface area contributed by atoms with Gasteiger partial charge >= 0.3 is 0 Å². The summed E-state index contributed by atoms with van der Waals surface area (Å²) in [6.45, 7) is 0.759. The topological polar surface area (TPSA) is 88.8 Å². The maximum atomic E-state index is 5.40. The molecule has 2 aromatic heterocycles. The van der Waals surface area contributed by atoms with Gasteiger partial charge < -0.3 is 5.32 Å². The third-order valence-corrected chi connectivity index (χ3v) is 3.52. The Morgan fingerprint density at radius 1 is 1.20 bits per heavy atom. The first-order valence-corrected chi connectivity index (χ1v) is 7.15. The summed E-state index contributed by atoms with van der Waals surface area (Å²) in [5.74, 6) is 6.58. The number of hydrazine groups is 1. The van der Waals surface area contributed by atoms with Gasteiger partial charge in [-0.1, -0.05) is 12.1 Å². The molecule has 0 aliphatic heterocycles. The molecule has 1 aromatic carbocycles. The molecule has 0 bridgehead atoms. The number of anilines is 2. The van der Waals surface area contributed by atoms with Crippen molar-refractivity contribution < 1.29 is 0 Å². The number of hydrogen-bond acceptors (Lipinski definition) is 7. The Labute approximate surface area is 120 Å². The standard InChI is InChI=1S/C13H14N6S/c14-19-13-17-11-4-2-1-3-10(11)12(18-13)15-6-5-9-7-20-8-16-9/h1-4,7-8H,5-6,14H2,(H2,15,17,18,19). The molecule has 3 rings (SSSR count). The van der Waals surface area contributed by atoms with Gasteiger partial charge in [-0.15, -0.1) is 11.3 Å². The van der Waals surface area contributed by atoms with Crippen molar-refractivity contribution in [1.82, 2.24) is 15.0 Å². The van der Waals surface area contributed by atoms with E-state index < -0.39 is 0 Å². The number of nitrogens with zero attached hydrogens (tertiary/aromatic N) is 3. The van der Waals surface area contributed by atoms with Gasteiger partial charge in [-0.25, -0.2) is 15.8 Å². The van der Waals surface area contributed by atoms with Gasteiger partial charge in [0.05, 0.1) is 16.7 Å². The summed E-state index contributed by atoms with van der Waals surface area (Å²) in [6, 6.07) is 7.83. The molecule has 0 amide bonds. The minimum absolute atomic E-state index is 0.403. The van der Waals surface area contributed by atoms with Crippen LogP contribution in [0.25, 0.3) is 10.9 Å². The Morgan fingerprint density at radius 3 is 2.90 bits per heavy atom. The second kappa shape index (κ2) is 5.81. The SMILES string of the molecule is NNc1nc(NCCc2cscn2)c2ccccc2n1. The molecular formula is C13H14N6S. The number of benzene rings is 1. The van der Waals surface area contributed by atoms with Crippen LogP contribution < -0.4 is 16.6 Å². The van der Waals surface area contributed by atoms with Crippen molar-refractivity contribution in [2.75, 3.05) is 17.3 Å². The fourth-order valence-electron chi connectivity index (χ4n) is 1.95. The largest absolute Gasteiger partial charge is 0.369 e. The Hall–Kier alpha value is -2.25. The van der Waals surface area contributed by atoms with E-state index >= 15 is 0 Å². The molecule has 0 unspecified atom stereocenters. The second-order valence-corrected chi connectivity index (χ2v) is 4.93. The van der Waals surface area contributed by atoms with Crippen molar-refractivity contribution >= 4 is 34.0 Å². The highest BCUT2D eigenvalue weighted by molar-refractivity contribution is 7.07. The van der Waals surface area contributed by atoms with Crippen LogP contribution in [-0.2, 0) is 6.42 Å². The maximum absolute atomic E-state index is 5.40. The number of rotatable bonds is 5. The molecule has 2 heterocycles. The normalized spacial score (nSPS) is 10.7. The predicted octanol–water partition coefficient (Wildman–Crippen LogP) is 2.03. The van der Waals surface area contributed by atoms with Crippen LogP contribution in [0.4, 0.5) is 11.8 Å². The first-order valence-electron chi connectivity index (χ1n) is 6.21. The molecular weight excluding hydrogens is 272 g/mol. The van der Waals surface area contributed by atoms with Gasteiger partial charge in [0.25, 0.3) is 0 Å². The lowest BCUT2D eigenvalue weighted by Gasteiger charge is -2.09. The van der Waals surface area contributed by atoms with Gasteiger partial charge in [-0.2, -0.15) is 4.98 Å². The molecule has 0 aliphatic rings. The molecule has 0 fully saturated rings. The minimum Gasteiger partial charge on any atom is -0.369 e. The zero-order chi connectivity index (χ0) is 13.8. The average Bonchev–Trinajstić information content (AvgIpc) is 3.00. The monoisotopic (exact) mass is 286 g/mol. The first kappa shape index (κ1) is 12.8. The van der Waals surface area contributed by atoms with Gasteiger partial charge in [0.1, 0.15) is 5.82 Å². The molecule has 0 atom stereocenters. The van der Waals surface area contributed by atoms with Gasteiger partial charge in [0.2, 0.25) is 5.95 Å². The van der Waals surface area contributed by atoms with Gasteiger partial charge in [0, 0.05) is 23.7 Å². The number of aromatic nitrogens is 3. The average molecular weight is 286 g/mol. The van der Waals surface area contributed by atoms with Crippen molar-refractivity contribution in [1.29, 1.82) is 0 Å². The van der Waals surface area contributed by atoms with E-state index in [4.69, 9.17) is 5.84 Å². The number of hydrogen-bond donors (Lipinski definition) is 3. The van der Waals surface area contributed by atoms with E-state index in [1.165, 1.54) is 0 Å². The van der Waals surface area contributed by atoms with Crippen LogP contribution in [0, 0.1) is 0 Å². The lowest BCUT2D eigenvalue weighted by molar-refractivity contribution is 0.968. The van der Waals surface area contributed by atoms with E-state index in [9.17, 15) is 0 Å². The van der Waals surface area contributed by atoms with E-state index in [0.717, 1.165) is 35.4 Å². The third-order valence-electron chi connectivity index (χ3n) is 2.89. The summed E-state index contributed by atoms with van der Waals surface area (Å²) in [4.78, 5) is 12.9. The lowest BCUT2D eigenvalue weighted by atomic mass is 10.2. The van der Waals surface area contributed by atoms with Gasteiger partial charge in [-0.3, -0.25) is 5.43 Å². The highest BCUT2D eigenvalue weighted by Crippen LogP contribution is 2.21. The Bertz CT molecular complexity index is 697. The van der Waals surface area contributed by atoms with Crippen molar-refractivity contribution in [2.24, 2.45) is 5.84 Å². The van der Waals surface area contributed by atoms with Crippen LogP contribution in [0.2, 0.25) is 0 Å². The summed E-state index contributed by atoms with van der Waals surface area (Å²) in [5, 5.41) is 6.34. The molecule has 0 saturated carbocycles. The van der Waals surface area contributed by atoms with Crippen LogP contribution in [-0.4, -0.2) is 21.5 Å². The molecule has 4 N–H and O–H groups in total. The van der Waals surface area contributed by atoms with Crippen LogP contribution in [0.1, 0.15) is 5.69 Å². The number of thiazole rings is 1. The molecule has 102 valence electrons. The van der Waals surface area contributed by atoms with Crippen LogP contribution in [0.15, 0.2) is 35.2 Å². The molecule has 0 radical (unpaired) electrons. The first-order chi connectivity index (χ1) is 9.86. The summed E-state index contributed by atoms with van der Waals surface area (Å²) >= 11 is 1.60. The molecule has 6 nitrogen and oxygen atoms in total. The fraction of sp³-hybridized carbons (Fsp3) is 0.154. The quantitative estimate of drug-likeness (QED) is 0.491. The van der Waals surface area contributed by atoms with Crippen molar-refractivity contribution in [3.63, 3.8) is 0 Å². The molecule has 20 heavy (non-hydrogen) atoms. The number of nitrogen functional groups attached to an aromatic ring is 1. The van der Waals surface area contributed by atoms with Crippen LogP contribution in [0.3, 0.4) is 0 Å². The predicted molar refractivity (Wildman–Crippen MR) is 81.7 cm³/mol. The molecule has 7 heteroatoms. The molecule has 3 aromatic rings. The lowest BCUT2D eigenvalue weighted by Crippen LogP contribution is -2.13. The van der Waals surface area contributed by atoms with E-state index in [1.807, 2.05) is 35.2 Å². The maximum Gasteiger partial charge on any atom is 0.239 e. The molecule has 0 saturated heterocycles. The van der Waals surface area contributed by atoms with Crippen molar-refractivity contribution in [3.8, 4) is 0 Å². The minimum atomic E-state index is 0.403. The van der Waals surface area contributed by atoms with E-state index in [2.05, 4.69) is 25.7 Å². The van der Waals surface area contributed by atoms with Gasteiger partial charge in [0.15, 0.2) is 0 Å². The summed E-state index contributed by atoms with van der Waals surface area (Å²) in [7, 11) is 0. The van der Waals surface area contributed by atoms with Gasteiger partial charge in [-0.05, 0) is 12.1 Å². The molecule has 0 aliphatic carbocycles.